The highest BCUT2D eigenvalue weighted by Crippen LogP contribution is 2.29. The zero-order chi connectivity index (χ0) is 11.8. The van der Waals surface area contributed by atoms with E-state index < -0.39 is 0 Å². The number of nitrogens with zero attached hydrogens (tertiary/aromatic N) is 1. The van der Waals surface area contributed by atoms with Crippen molar-refractivity contribution >= 4 is 5.91 Å². The molecule has 0 aliphatic carbocycles. The van der Waals surface area contributed by atoms with Crippen molar-refractivity contribution in [2.24, 2.45) is 0 Å². The van der Waals surface area contributed by atoms with Gasteiger partial charge in [0, 0.05) is 19.0 Å². The van der Waals surface area contributed by atoms with Crippen LogP contribution in [0.4, 0.5) is 0 Å². The maximum absolute atomic E-state index is 11.9. The van der Waals surface area contributed by atoms with E-state index in [1.807, 2.05) is 4.90 Å². The first-order valence-electron chi connectivity index (χ1n) is 6.21. The minimum Gasteiger partial charge on any atom is -0.363 e. The molecule has 3 nitrogen and oxygen atoms in total. The van der Waals surface area contributed by atoms with E-state index in [0.29, 0.717) is 12.5 Å². The summed E-state index contributed by atoms with van der Waals surface area (Å²) in [7, 11) is 0. The Morgan fingerprint density at radius 2 is 2.29 bits per heavy atom. The molecule has 0 N–H and O–H groups in total. The maximum Gasteiger partial charge on any atom is 0.254 e. The third-order valence-corrected chi connectivity index (χ3v) is 3.62. The zero-order valence-electron chi connectivity index (χ0n) is 10.1. The fraction of sp³-hybridized carbons (Fsp3) is 0.500. The van der Waals surface area contributed by atoms with Gasteiger partial charge in [-0.15, -0.1) is 0 Å². The standard InChI is InChI=1S/C14H17NO2/c1-10-3-2-4-11(7-10)12-5-6-15(8-12)14(16)13-9-17-13/h2-4,7,12-13H,5-6,8-9H2,1H3. The molecule has 2 unspecified atom stereocenters. The van der Waals surface area contributed by atoms with E-state index in [9.17, 15) is 4.79 Å². The molecule has 2 aliphatic heterocycles. The highest BCUT2D eigenvalue weighted by atomic mass is 16.6. The van der Waals surface area contributed by atoms with Gasteiger partial charge in [-0.25, -0.2) is 0 Å². The van der Waals surface area contributed by atoms with Gasteiger partial charge in [-0.05, 0) is 18.9 Å². The van der Waals surface area contributed by atoms with Gasteiger partial charge in [-0.3, -0.25) is 4.79 Å². The SMILES string of the molecule is Cc1cccc(C2CCN(C(=O)C3CO3)C2)c1. The van der Waals surface area contributed by atoms with E-state index in [1.165, 1.54) is 11.1 Å². The molecule has 1 aromatic rings. The fourth-order valence-corrected chi connectivity index (χ4v) is 2.55. The van der Waals surface area contributed by atoms with Gasteiger partial charge in [-0.2, -0.15) is 0 Å². The highest BCUT2D eigenvalue weighted by molar-refractivity contribution is 5.83. The van der Waals surface area contributed by atoms with Gasteiger partial charge >= 0.3 is 0 Å². The second-order valence-corrected chi connectivity index (χ2v) is 5.01. The van der Waals surface area contributed by atoms with E-state index >= 15 is 0 Å². The smallest absolute Gasteiger partial charge is 0.254 e. The van der Waals surface area contributed by atoms with Crippen molar-refractivity contribution in [3.8, 4) is 0 Å². The van der Waals surface area contributed by atoms with Gasteiger partial charge in [0.15, 0.2) is 6.10 Å². The first kappa shape index (κ1) is 10.8. The lowest BCUT2D eigenvalue weighted by Gasteiger charge is -2.15. The number of ether oxygens (including phenoxy) is 1. The molecule has 3 heteroatoms. The predicted molar refractivity (Wildman–Crippen MR) is 64.9 cm³/mol. The number of aryl methyl sites for hydroxylation is 1. The number of carbonyl (C=O) groups is 1. The van der Waals surface area contributed by atoms with Crippen LogP contribution in [0.2, 0.25) is 0 Å². The zero-order valence-corrected chi connectivity index (χ0v) is 10.1. The van der Waals surface area contributed by atoms with Crippen molar-refractivity contribution in [2.45, 2.75) is 25.4 Å². The molecule has 3 rings (SSSR count). The van der Waals surface area contributed by atoms with Crippen molar-refractivity contribution in [2.75, 3.05) is 19.7 Å². The van der Waals surface area contributed by atoms with Gasteiger partial charge < -0.3 is 9.64 Å². The summed E-state index contributed by atoms with van der Waals surface area (Å²) >= 11 is 0. The Hall–Kier alpha value is -1.35. The number of carbonyl (C=O) groups excluding carboxylic acids is 1. The van der Waals surface area contributed by atoms with Crippen molar-refractivity contribution in [1.82, 2.24) is 4.90 Å². The number of epoxide rings is 1. The number of likely N-dealkylation sites (tertiary alicyclic amines) is 1. The van der Waals surface area contributed by atoms with Crippen molar-refractivity contribution in [3.63, 3.8) is 0 Å². The molecule has 2 aliphatic rings. The Labute approximate surface area is 101 Å². The van der Waals surface area contributed by atoms with Crippen LogP contribution in [0.1, 0.15) is 23.5 Å². The normalized spacial score (nSPS) is 27.2. The first-order chi connectivity index (χ1) is 8.24. The van der Waals surface area contributed by atoms with Gasteiger partial charge in [0.25, 0.3) is 5.91 Å². The first-order valence-corrected chi connectivity index (χ1v) is 6.21. The second-order valence-electron chi connectivity index (χ2n) is 5.01. The molecule has 0 spiro atoms. The molecular formula is C14H17NO2. The molecule has 2 saturated heterocycles. The lowest BCUT2D eigenvalue weighted by molar-refractivity contribution is -0.131. The minimum absolute atomic E-state index is 0.133. The number of rotatable bonds is 2. The molecule has 2 fully saturated rings. The van der Waals surface area contributed by atoms with Crippen LogP contribution in [0.25, 0.3) is 0 Å². The molecule has 2 heterocycles. The van der Waals surface area contributed by atoms with Crippen LogP contribution in [-0.2, 0) is 9.53 Å². The molecule has 2 atom stereocenters. The summed E-state index contributed by atoms with van der Waals surface area (Å²) in [6.45, 7) is 4.45. The van der Waals surface area contributed by atoms with Crippen molar-refractivity contribution in [1.29, 1.82) is 0 Å². The van der Waals surface area contributed by atoms with E-state index in [4.69, 9.17) is 4.74 Å². The summed E-state index contributed by atoms with van der Waals surface area (Å²) < 4.78 is 5.05. The van der Waals surface area contributed by atoms with Crippen LogP contribution >= 0.6 is 0 Å². The summed E-state index contributed by atoms with van der Waals surface area (Å²) in [6, 6.07) is 8.60. The summed E-state index contributed by atoms with van der Waals surface area (Å²) in [4.78, 5) is 13.8. The fourth-order valence-electron chi connectivity index (χ4n) is 2.55. The molecule has 90 valence electrons. The number of hydrogen-bond acceptors (Lipinski definition) is 2. The Kier molecular flexibility index (Phi) is 2.63. The van der Waals surface area contributed by atoms with Crippen LogP contribution < -0.4 is 0 Å². The quantitative estimate of drug-likeness (QED) is 0.726. The van der Waals surface area contributed by atoms with Gasteiger partial charge in [-0.1, -0.05) is 29.8 Å². The van der Waals surface area contributed by atoms with Gasteiger partial charge in [0.05, 0.1) is 6.61 Å². The topological polar surface area (TPSA) is 32.8 Å². The van der Waals surface area contributed by atoms with Crippen LogP contribution in [-0.4, -0.2) is 36.6 Å². The van der Waals surface area contributed by atoms with Crippen LogP contribution in [0, 0.1) is 6.92 Å². The average Bonchev–Trinajstić information content (AvgIpc) is 3.05. The molecular weight excluding hydrogens is 214 g/mol. The van der Waals surface area contributed by atoms with E-state index in [0.717, 1.165) is 19.5 Å². The molecule has 0 aromatic heterocycles. The van der Waals surface area contributed by atoms with Crippen molar-refractivity contribution in [3.05, 3.63) is 35.4 Å². The highest BCUT2D eigenvalue weighted by Gasteiger charge is 2.38. The summed E-state index contributed by atoms with van der Waals surface area (Å²) in [6.07, 6.45) is 0.938. The molecule has 17 heavy (non-hydrogen) atoms. The van der Waals surface area contributed by atoms with E-state index in [1.54, 1.807) is 0 Å². The monoisotopic (exact) mass is 231 g/mol. The summed E-state index contributed by atoms with van der Waals surface area (Å²) in [5.41, 5.74) is 2.65. The maximum atomic E-state index is 11.9. The number of amides is 1. The number of hydrogen-bond donors (Lipinski definition) is 0. The van der Waals surface area contributed by atoms with Gasteiger partial charge in [0.2, 0.25) is 0 Å². The summed E-state index contributed by atoms with van der Waals surface area (Å²) in [5.74, 6) is 0.678. The van der Waals surface area contributed by atoms with E-state index in [-0.39, 0.29) is 12.0 Å². The van der Waals surface area contributed by atoms with Crippen LogP contribution in [0.15, 0.2) is 24.3 Å². The second kappa shape index (κ2) is 4.15. The Morgan fingerprint density at radius 1 is 1.47 bits per heavy atom. The lowest BCUT2D eigenvalue weighted by atomic mass is 9.97. The molecule has 0 radical (unpaired) electrons. The Bertz CT molecular complexity index is 440. The van der Waals surface area contributed by atoms with Gasteiger partial charge in [0.1, 0.15) is 0 Å². The largest absolute Gasteiger partial charge is 0.363 e. The van der Waals surface area contributed by atoms with E-state index in [2.05, 4.69) is 31.2 Å². The molecule has 1 amide bonds. The predicted octanol–water partition coefficient (Wildman–Crippen LogP) is 1.71. The van der Waals surface area contributed by atoms with Crippen molar-refractivity contribution < 1.29 is 9.53 Å². The Balaban J connectivity index is 1.69. The van der Waals surface area contributed by atoms with Crippen LogP contribution in [0.3, 0.4) is 0 Å². The molecule has 0 bridgehead atoms. The molecule has 0 saturated carbocycles. The Morgan fingerprint density at radius 3 is 3.00 bits per heavy atom. The third kappa shape index (κ3) is 2.20. The lowest BCUT2D eigenvalue weighted by Crippen LogP contribution is -2.32. The average molecular weight is 231 g/mol. The molecule has 1 aromatic carbocycles. The number of benzene rings is 1. The van der Waals surface area contributed by atoms with Crippen LogP contribution in [0.5, 0.6) is 0 Å². The third-order valence-electron chi connectivity index (χ3n) is 3.62. The minimum atomic E-state index is -0.133. The summed E-state index contributed by atoms with van der Waals surface area (Å²) in [5, 5.41) is 0.